The molecule has 0 aliphatic rings. The average Bonchev–Trinajstić information content (AvgIpc) is 3.18. The van der Waals surface area contributed by atoms with Crippen LogP contribution in [0.15, 0.2) is 48.1 Å². The van der Waals surface area contributed by atoms with Crippen molar-refractivity contribution in [2.45, 2.75) is 0 Å². The van der Waals surface area contributed by atoms with Crippen LogP contribution in [0, 0.1) is 5.82 Å². The second-order valence-corrected chi connectivity index (χ2v) is 5.49. The third-order valence-electron chi connectivity index (χ3n) is 3.04. The van der Waals surface area contributed by atoms with Crippen molar-refractivity contribution in [3.8, 4) is 5.69 Å². The summed E-state index contributed by atoms with van der Waals surface area (Å²) in [5, 5.41) is 17.1. The number of nitrogens with zero attached hydrogens (tertiary/aromatic N) is 2. The van der Waals surface area contributed by atoms with Gasteiger partial charge in [-0.15, -0.1) is 11.3 Å². The van der Waals surface area contributed by atoms with Crippen LogP contribution in [0.3, 0.4) is 0 Å². The quantitative estimate of drug-likeness (QED) is 0.769. The molecular weight excluding hydrogens is 321 g/mol. The molecule has 0 spiro atoms. The van der Waals surface area contributed by atoms with Gasteiger partial charge in [0.1, 0.15) is 11.5 Å². The van der Waals surface area contributed by atoms with Gasteiger partial charge in [-0.3, -0.25) is 4.79 Å². The predicted molar refractivity (Wildman–Crippen MR) is 82.8 cm³/mol. The van der Waals surface area contributed by atoms with Crippen molar-refractivity contribution in [3.05, 3.63) is 65.0 Å². The predicted octanol–water partition coefficient (Wildman–Crippen LogP) is 3.02. The number of nitrogens with one attached hydrogen (secondary N) is 1. The Morgan fingerprint density at radius 3 is 2.70 bits per heavy atom. The summed E-state index contributed by atoms with van der Waals surface area (Å²) < 4.78 is 15.5. The topological polar surface area (TPSA) is 84.2 Å². The van der Waals surface area contributed by atoms with E-state index in [0.717, 1.165) is 17.4 Å². The number of benzene rings is 1. The second kappa shape index (κ2) is 6.01. The molecule has 8 heteroatoms. The molecule has 3 rings (SSSR count). The highest BCUT2D eigenvalue weighted by Gasteiger charge is 2.13. The van der Waals surface area contributed by atoms with Gasteiger partial charge in [0.25, 0.3) is 5.91 Å². The summed E-state index contributed by atoms with van der Waals surface area (Å²) in [7, 11) is 0. The normalized spacial score (nSPS) is 10.5. The van der Waals surface area contributed by atoms with Gasteiger partial charge in [-0.05, 0) is 30.3 Å². The number of hydrogen-bond acceptors (Lipinski definition) is 4. The number of aromatic nitrogens is 2. The van der Waals surface area contributed by atoms with Gasteiger partial charge in [0.05, 0.1) is 10.6 Å². The number of aromatic carboxylic acids is 1. The van der Waals surface area contributed by atoms with Crippen molar-refractivity contribution in [1.29, 1.82) is 0 Å². The number of carboxylic acids is 1. The van der Waals surface area contributed by atoms with Crippen LogP contribution in [-0.4, -0.2) is 26.8 Å². The minimum atomic E-state index is -1.07. The van der Waals surface area contributed by atoms with Gasteiger partial charge in [0, 0.05) is 23.3 Å². The number of carboxylic acid groups (broad SMARTS) is 1. The molecule has 6 nitrogen and oxygen atoms in total. The van der Waals surface area contributed by atoms with Crippen molar-refractivity contribution < 1.29 is 19.1 Å². The summed E-state index contributed by atoms with van der Waals surface area (Å²) in [5.74, 6) is -2.18. The Balaban J connectivity index is 1.79. The van der Waals surface area contributed by atoms with Crippen LogP contribution < -0.4 is 5.32 Å². The molecule has 0 bridgehead atoms. The van der Waals surface area contributed by atoms with Gasteiger partial charge in [-0.2, -0.15) is 5.10 Å². The molecule has 0 saturated carbocycles. The molecule has 2 N–H and O–H groups in total. The van der Waals surface area contributed by atoms with E-state index < -0.39 is 17.7 Å². The summed E-state index contributed by atoms with van der Waals surface area (Å²) in [6.45, 7) is 0. The molecular formula is C15H10FN3O3S. The molecule has 3 aromatic rings. The van der Waals surface area contributed by atoms with E-state index in [0.29, 0.717) is 5.00 Å². The van der Waals surface area contributed by atoms with Crippen LogP contribution in [0.1, 0.15) is 20.7 Å². The first kappa shape index (κ1) is 14.9. The fraction of sp³-hybridized carbons (Fsp3) is 0. The zero-order valence-corrected chi connectivity index (χ0v) is 12.4. The standard InChI is InChI=1S/C15H10FN3O3S/c16-11-6-9(2-3-12(11)19-5-1-4-17-19)14(20)18-13-7-10(8-23-13)15(21)22/h1-8H,(H,18,20)(H,21,22). The molecule has 2 aromatic heterocycles. The maximum absolute atomic E-state index is 14.1. The Hall–Kier alpha value is -3.00. The fourth-order valence-electron chi connectivity index (χ4n) is 1.94. The molecule has 0 radical (unpaired) electrons. The van der Waals surface area contributed by atoms with Gasteiger partial charge < -0.3 is 10.4 Å². The highest BCUT2D eigenvalue weighted by molar-refractivity contribution is 7.14. The van der Waals surface area contributed by atoms with Gasteiger partial charge in [-0.25, -0.2) is 13.9 Å². The Morgan fingerprint density at radius 2 is 2.09 bits per heavy atom. The molecule has 0 unspecified atom stereocenters. The van der Waals surface area contributed by atoms with Crippen molar-refractivity contribution >= 4 is 28.2 Å². The molecule has 0 aliphatic heterocycles. The number of amides is 1. The lowest BCUT2D eigenvalue weighted by atomic mass is 10.2. The van der Waals surface area contributed by atoms with Gasteiger partial charge in [0.2, 0.25) is 0 Å². The zero-order valence-electron chi connectivity index (χ0n) is 11.6. The molecule has 0 aliphatic carbocycles. The third kappa shape index (κ3) is 3.11. The molecule has 0 fully saturated rings. The molecule has 2 heterocycles. The number of carbonyl (C=O) groups excluding carboxylic acids is 1. The lowest BCUT2D eigenvalue weighted by Gasteiger charge is -2.06. The summed E-state index contributed by atoms with van der Waals surface area (Å²) in [6.07, 6.45) is 3.12. The van der Waals surface area contributed by atoms with Crippen LogP contribution in [0.2, 0.25) is 0 Å². The number of anilines is 1. The average molecular weight is 331 g/mol. The second-order valence-electron chi connectivity index (χ2n) is 4.58. The van der Waals surface area contributed by atoms with Crippen molar-refractivity contribution in [2.75, 3.05) is 5.32 Å². The Kier molecular flexibility index (Phi) is 3.90. The van der Waals surface area contributed by atoms with Crippen molar-refractivity contribution in [2.24, 2.45) is 0 Å². The van der Waals surface area contributed by atoms with E-state index in [1.165, 1.54) is 34.5 Å². The van der Waals surface area contributed by atoms with Crippen LogP contribution in [0.4, 0.5) is 9.39 Å². The lowest BCUT2D eigenvalue weighted by molar-refractivity contribution is 0.0697. The molecule has 23 heavy (non-hydrogen) atoms. The number of carbonyl (C=O) groups is 2. The SMILES string of the molecule is O=C(O)c1csc(NC(=O)c2ccc(-n3cccn3)c(F)c2)c1. The van der Waals surface area contributed by atoms with E-state index in [4.69, 9.17) is 5.11 Å². The smallest absolute Gasteiger partial charge is 0.336 e. The molecule has 1 amide bonds. The number of thiophene rings is 1. The zero-order chi connectivity index (χ0) is 16.4. The third-order valence-corrected chi connectivity index (χ3v) is 3.89. The van der Waals surface area contributed by atoms with E-state index in [2.05, 4.69) is 10.4 Å². The Morgan fingerprint density at radius 1 is 1.26 bits per heavy atom. The van der Waals surface area contributed by atoms with E-state index in [9.17, 15) is 14.0 Å². The first-order chi connectivity index (χ1) is 11.0. The van der Waals surface area contributed by atoms with E-state index in [1.807, 2.05) is 0 Å². The highest BCUT2D eigenvalue weighted by Crippen LogP contribution is 2.22. The highest BCUT2D eigenvalue weighted by atomic mass is 32.1. The lowest BCUT2D eigenvalue weighted by Crippen LogP contribution is -2.12. The summed E-state index contributed by atoms with van der Waals surface area (Å²) in [6, 6.07) is 7.05. The van der Waals surface area contributed by atoms with E-state index in [1.54, 1.807) is 12.3 Å². The Labute approximate surface area is 133 Å². The summed E-state index contributed by atoms with van der Waals surface area (Å²) >= 11 is 1.09. The Bertz CT molecular complexity index is 874. The number of hydrogen-bond donors (Lipinski definition) is 2. The van der Waals surface area contributed by atoms with Gasteiger partial charge in [-0.1, -0.05) is 0 Å². The maximum atomic E-state index is 14.1. The number of rotatable bonds is 4. The van der Waals surface area contributed by atoms with Gasteiger partial charge >= 0.3 is 5.97 Å². The molecule has 0 atom stereocenters. The van der Waals surface area contributed by atoms with Crippen LogP contribution in [0.25, 0.3) is 5.69 Å². The fourth-order valence-corrected chi connectivity index (χ4v) is 2.71. The maximum Gasteiger partial charge on any atom is 0.336 e. The minimum absolute atomic E-state index is 0.0884. The monoisotopic (exact) mass is 331 g/mol. The summed E-state index contributed by atoms with van der Waals surface area (Å²) in [4.78, 5) is 22.9. The molecule has 0 saturated heterocycles. The first-order valence-corrected chi connectivity index (χ1v) is 7.35. The summed E-state index contributed by atoms with van der Waals surface area (Å²) in [5.41, 5.74) is 0.449. The van der Waals surface area contributed by atoms with Crippen LogP contribution in [0.5, 0.6) is 0 Å². The molecule has 1 aromatic carbocycles. The van der Waals surface area contributed by atoms with Gasteiger partial charge in [0.15, 0.2) is 0 Å². The number of halogens is 1. The molecule has 116 valence electrons. The van der Waals surface area contributed by atoms with Crippen LogP contribution >= 0.6 is 11.3 Å². The van der Waals surface area contributed by atoms with Crippen molar-refractivity contribution in [3.63, 3.8) is 0 Å². The van der Waals surface area contributed by atoms with E-state index in [-0.39, 0.29) is 16.8 Å². The first-order valence-electron chi connectivity index (χ1n) is 6.47. The largest absolute Gasteiger partial charge is 0.478 e. The van der Waals surface area contributed by atoms with Crippen molar-refractivity contribution in [1.82, 2.24) is 9.78 Å². The van der Waals surface area contributed by atoms with E-state index >= 15 is 0 Å². The minimum Gasteiger partial charge on any atom is -0.478 e. The van der Waals surface area contributed by atoms with Crippen LogP contribution in [-0.2, 0) is 0 Å².